The van der Waals surface area contributed by atoms with Crippen LogP contribution in [0.4, 0.5) is 0 Å². The van der Waals surface area contributed by atoms with Crippen LogP contribution in [-0.2, 0) is 14.4 Å². The Morgan fingerprint density at radius 2 is 1.79 bits per heavy atom. The molecule has 0 amide bonds. The van der Waals surface area contributed by atoms with Crippen LogP contribution < -0.4 is 56.5 Å². The first kappa shape index (κ1) is 27.5. The number of fused-ring (bicyclic) bond motifs is 5. The van der Waals surface area contributed by atoms with E-state index in [9.17, 15) is 29.7 Å². The van der Waals surface area contributed by atoms with Gasteiger partial charge in [-0.05, 0) is 85.5 Å². The van der Waals surface area contributed by atoms with E-state index in [2.05, 4.69) is 13.8 Å². The summed E-state index contributed by atoms with van der Waals surface area (Å²) in [6.45, 7) is 8.15. The smallest absolute Gasteiger partial charge is 0.550 e. The number of carboxylic acids is 2. The summed E-state index contributed by atoms with van der Waals surface area (Å²) < 4.78 is 0. The number of ketones is 1. The summed E-state index contributed by atoms with van der Waals surface area (Å²) in [6, 6.07) is 0. The quantitative estimate of drug-likeness (QED) is 0.536. The largest absolute Gasteiger partial charge is 1.00 e. The molecular weight excluding hydrogens is 447 g/mol. The Morgan fingerprint density at radius 3 is 2.36 bits per heavy atom. The van der Waals surface area contributed by atoms with Crippen LogP contribution in [0.3, 0.4) is 0 Å². The van der Waals surface area contributed by atoms with Crippen LogP contribution in [-0.4, -0.2) is 33.5 Å². The third kappa shape index (κ3) is 3.88. The maximum absolute atomic E-state index is 12.9. The van der Waals surface area contributed by atoms with Crippen molar-refractivity contribution in [2.24, 2.45) is 39.9 Å². The molecule has 0 aromatic carbocycles. The van der Waals surface area contributed by atoms with Crippen LogP contribution in [0.15, 0.2) is 11.6 Å². The van der Waals surface area contributed by atoms with Crippen molar-refractivity contribution < 1.29 is 81.1 Å². The molecule has 4 aliphatic rings. The number of rotatable bonds is 5. The molecule has 33 heavy (non-hydrogen) atoms. The van der Waals surface area contributed by atoms with Gasteiger partial charge in [-0.1, -0.05) is 33.3 Å². The molecule has 0 radical (unpaired) electrons. The molecule has 0 aliphatic heterocycles. The normalized spacial score (nSPS) is 44.2. The molecule has 4 rings (SSSR count). The summed E-state index contributed by atoms with van der Waals surface area (Å²) in [6.07, 6.45) is 6.11. The fraction of sp³-hybridized carbons (Fsp3) is 0.808. The predicted molar refractivity (Wildman–Crippen MR) is 116 cm³/mol. The Bertz CT molecular complexity index is 882. The van der Waals surface area contributed by atoms with Crippen LogP contribution in [0, 0.1) is 39.9 Å². The van der Waals surface area contributed by atoms with Crippen molar-refractivity contribution in [2.75, 3.05) is 0 Å². The average molecular weight is 485 g/mol. The van der Waals surface area contributed by atoms with Crippen LogP contribution in [0.5, 0.6) is 0 Å². The zero-order chi connectivity index (χ0) is 23.7. The molecule has 178 valence electrons. The van der Waals surface area contributed by atoms with Gasteiger partial charge in [-0.2, -0.15) is 0 Å². The zero-order valence-corrected chi connectivity index (χ0v) is 23.9. The standard InChI is InChI=1S/C26H38O6.K/c1-15(2)26(22(30)31)14-16-13-17(27)5-9-23(16,3)18-6-10-24(4)19(21(18)26)7-11-25(24,32)12-8-20(28)29;/h13,15,18-19,21,32H,5-12,14H2,1-4H3,(H,28,29)(H,30,31);/q;+1/p-1/t18?,19?,21?,23-,24-,25+,26-;/m0./s1. The fourth-order valence-corrected chi connectivity index (χ4v) is 8.53. The Morgan fingerprint density at radius 1 is 1.15 bits per heavy atom. The van der Waals surface area contributed by atoms with E-state index in [4.69, 9.17) is 0 Å². The second-order valence-electron chi connectivity index (χ2n) is 11.9. The first-order chi connectivity index (χ1) is 14.8. The topological polar surface area (TPSA) is 115 Å². The summed E-state index contributed by atoms with van der Waals surface area (Å²) in [5, 5.41) is 33.9. The molecule has 7 atom stereocenters. The summed E-state index contributed by atoms with van der Waals surface area (Å²) in [4.78, 5) is 36.5. The van der Waals surface area contributed by atoms with Crippen molar-refractivity contribution in [1.82, 2.24) is 0 Å². The van der Waals surface area contributed by atoms with E-state index in [1.165, 1.54) is 0 Å². The zero-order valence-electron chi connectivity index (χ0n) is 20.8. The van der Waals surface area contributed by atoms with Gasteiger partial charge in [0.2, 0.25) is 0 Å². The van der Waals surface area contributed by atoms with Crippen LogP contribution in [0.2, 0.25) is 0 Å². The van der Waals surface area contributed by atoms with Gasteiger partial charge in [0.25, 0.3) is 0 Å². The minimum atomic E-state index is -1.10. The van der Waals surface area contributed by atoms with Crippen molar-refractivity contribution >= 4 is 17.7 Å². The van der Waals surface area contributed by atoms with E-state index < -0.39 is 28.4 Å². The van der Waals surface area contributed by atoms with E-state index in [0.717, 1.165) is 24.8 Å². The summed E-state index contributed by atoms with van der Waals surface area (Å²) >= 11 is 0. The van der Waals surface area contributed by atoms with Gasteiger partial charge in [0, 0.05) is 24.2 Å². The SMILES string of the molecule is CC(C)[C@@]1(C(=O)[O-])CC2=CC(=O)CC[C@]2(C)C2CC[C@@]3(C)C(CC[C@@]3(O)CCC(=O)O)C21.[K+]. The van der Waals surface area contributed by atoms with Gasteiger partial charge in [0.15, 0.2) is 5.78 Å². The molecule has 7 heteroatoms. The maximum atomic E-state index is 12.9. The maximum Gasteiger partial charge on any atom is 1.00 e. The van der Waals surface area contributed by atoms with Gasteiger partial charge in [-0.25, -0.2) is 0 Å². The third-order valence-electron chi connectivity index (χ3n) is 10.6. The molecule has 0 bridgehead atoms. The van der Waals surface area contributed by atoms with Gasteiger partial charge in [0.1, 0.15) is 0 Å². The first-order valence-electron chi connectivity index (χ1n) is 12.2. The molecule has 6 nitrogen and oxygen atoms in total. The molecule has 3 saturated carbocycles. The van der Waals surface area contributed by atoms with E-state index in [1.54, 1.807) is 6.08 Å². The van der Waals surface area contributed by atoms with Crippen LogP contribution in [0.1, 0.15) is 85.5 Å². The number of allylic oxidation sites excluding steroid dienone is 1. The molecule has 0 aromatic heterocycles. The van der Waals surface area contributed by atoms with Crippen molar-refractivity contribution in [3.63, 3.8) is 0 Å². The monoisotopic (exact) mass is 484 g/mol. The fourth-order valence-electron chi connectivity index (χ4n) is 8.53. The van der Waals surface area contributed by atoms with E-state index in [-0.39, 0.29) is 99.1 Å². The van der Waals surface area contributed by atoms with E-state index in [1.807, 2.05) is 13.8 Å². The predicted octanol–water partition coefficient (Wildman–Crippen LogP) is 0.120. The summed E-state index contributed by atoms with van der Waals surface area (Å²) in [5.74, 6) is -2.15. The van der Waals surface area contributed by atoms with Crippen molar-refractivity contribution in [3.05, 3.63) is 11.6 Å². The van der Waals surface area contributed by atoms with Gasteiger partial charge >= 0.3 is 57.4 Å². The second kappa shape index (κ2) is 9.11. The molecule has 4 aliphatic carbocycles. The van der Waals surface area contributed by atoms with E-state index in [0.29, 0.717) is 25.7 Å². The minimum absolute atomic E-state index is 0. The number of carboxylic acid groups (broad SMARTS) is 2. The Hall–Kier alpha value is -0.0536. The van der Waals surface area contributed by atoms with Crippen LogP contribution >= 0.6 is 0 Å². The third-order valence-corrected chi connectivity index (χ3v) is 10.6. The molecule has 3 fully saturated rings. The number of hydrogen-bond donors (Lipinski definition) is 2. The summed E-state index contributed by atoms with van der Waals surface area (Å²) in [5.41, 5.74) is -1.97. The molecule has 2 N–H and O–H groups in total. The summed E-state index contributed by atoms with van der Waals surface area (Å²) in [7, 11) is 0. The number of aliphatic hydroxyl groups is 1. The van der Waals surface area contributed by atoms with Gasteiger partial charge in [-0.3, -0.25) is 9.59 Å². The molecule has 0 spiro atoms. The molecule has 3 unspecified atom stereocenters. The first-order valence-corrected chi connectivity index (χ1v) is 12.2. The van der Waals surface area contributed by atoms with Gasteiger partial charge in [0.05, 0.1) is 5.60 Å². The number of hydrogen-bond acceptors (Lipinski definition) is 5. The molecular formula is C26H37KO6. The van der Waals surface area contributed by atoms with Crippen LogP contribution in [0.25, 0.3) is 0 Å². The molecule has 0 saturated heterocycles. The Labute approximate surface area is 239 Å². The van der Waals surface area contributed by atoms with Crippen molar-refractivity contribution in [2.45, 2.75) is 91.1 Å². The van der Waals surface area contributed by atoms with Crippen molar-refractivity contribution in [1.29, 1.82) is 0 Å². The Kier molecular flexibility index (Phi) is 7.60. The van der Waals surface area contributed by atoms with Crippen molar-refractivity contribution in [3.8, 4) is 0 Å². The second-order valence-corrected chi connectivity index (χ2v) is 11.9. The Balaban J connectivity index is 0.00000306. The molecule has 0 heterocycles. The van der Waals surface area contributed by atoms with Gasteiger partial charge in [-0.15, -0.1) is 0 Å². The average Bonchev–Trinajstić information content (AvgIpc) is 2.97. The molecule has 0 aromatic rings. The van der Waals surface area contributed by atoms with E-state index >= 15 is 0 Å². The minimum Gasteiger partial charge on any atom is -0.550 e. The number of aliphatic carboxylic acids is 2. The number of carbonyl (C=O) groups is 3. The van der Waals surface area contributed by atoms with Gasteiger partial charge < -0.3 is 20.1 Å². The number of carbonyl (C=O) groups excluding carboxylic acids is 2.